The first-order chi connectivity index (χ1) is 15.0. The maximum Gasteiger partial charge on any atom is 0.233 e. The van der Waals surface area contributed by atoms with Crippen molar-refractivity contribution in [3.63, 3.8) is 0 Å². The Kier molecular flexibility index (Phi) is 6.99. The molecule has 0 aromatic rings. The predicted octanol–water partition coefficient (Wildman–Crippen LogP) is 1.86. The molecule has 0 spiro atoms. The zero-order valence-corrected chi connectivity index (χ0v) is 19.3. The van der Waals surface area contributed by atoms with E-state index in [9.17, 15) is 9.59 Å². The van der Waals surface area contributed by atoms with Gasteiger partial charge in [-0.05, 0) is 56.9 Å². The molecular formula is C24H39N5O2. The van der Waals surface area contributed by atoms with Gasteiger partial charge in [0.25, 0.3) is 0 Å². The van der Waals surface area contributed by atoms with E-state index in [1.807, 2.05) is 0 Å². The number of carbonyl (C=O) groups is 2. The standard InChI is InChI=1S/C24H39N5O2/c1-4-25-24(27-14-19-7-5-11-28(19)15-16(2)3)26-10-6-12-29-22(30)20-17-8-9-18(13-17)21(20)23(29)31/h8-9,16-21H,4-7,10-15H2,1-3H3,(H2,25,26,27)/t17?,18?,19-,20?,21?/m1/s1. The van der Waals surface area contributed by atoms with Crippen molar-refractivity contribution in [1.29, 1.82) is 0 Å². The second-order valence-corrected chi connectivity index (χ2v) is 10.0. The lowest BCUT2D eigenvalue weighted by atomic mass is 9.85. The van der Waals surface area contributed by atoms with Crippen LogP contribution >= 0.6 is 0 Å². The maximum absolute atomic E-state index is 12.8. The van der Waals surface area contributed by atoms with Crippen LogP contribution in [0.4, 0.5) is 0 Å². The molecule has 2 bridgehead atoms. The largest absolute Gasteiger partial charge is 0.357 e. The highest BCUT2D eigenvalue weighted by Crippen LogP contribution is 2.52. The molecule has 0 radical (unpaired) electrons. The highest BCUT2D eigenvalue weighted by Gasteiger charge is 2.58. The van der Waals surface area contributed by atoms with E-state index in [0.29, 0.717) is 25.0 Å². The summed E-state index contributed by atoms with van der Waals surface area (Å²) in [7, 11) is 0. The van der Waals surface area contributed by atoms with Gasteiger partial charge < -0.3 is 10.6 Å². The molecule has 2 N–H and O–H groups in total. The molecule has 2 aliphatic carbocycles. The number of imide groups is 1. The Bertz CT molecular complexity index is 703. The van der Waals surface area contributed by atoms with E-state index in [4.69, 9.17) is 4.99 Å². The summed E-state index contributed by atoms with van der Waals surface area (Å²) < 4.78 is 0. The third kappa shape index (κ3) is 4.66. The molecule has 172 valence electrons. The van der Waals surface area contributed by atoms with Gasteiger partial charge in [0.1, 0.15) is 0 Å². The predicted molar refractivity (Wildman–Crippen MR) is 122 cm³/mol. The maximum atomic E-state index is 12.8. The number of carbonyl (C=O) groups excluding carboxylic acids is 2. The van der Waals surface area contributed by atoms with E-state index in [2.05, 4.69) is 48.5 Å². The second-order valence-electron chi connectivity index (χ2n) is 10.0. The van der Waals surface area contributed by atoms with Gasteiger partial charge in [0.15, 0.2) is 5.96 Å². The zero-order valence-electron chi connectivity index (χ0n) is 19.3. The molecule has 2 heterocycles. The SMILES string of the molecule is CCNC(=NC[C@H]1CCCN1CC(C)C)NCCCN1C(=O)C2C3C=CC(C3)C2C1=O. The van der Waals surface area contributed by atoms with Crippen molar-refractivity contribution in [1.82, 2.24) is 20.4 Å². The minimum Gasteiger partial charge on any atom is -0.357 e. The van der Waals surface area contributed by atoms with E-state index < -0.39 is 0 Å². The minimum absolute atomic E-state index is 0.0545. The molecular weight excluding hydrogens is 390 g/mol. The van der Waals surface area contributed by atoms with Gasteiger partial charge in [0.2, 0.25) is 11.8 Å². The lowest BCUT2D eigenvalue weighted by Crippen LogP contribution is -2.41. The van der Waals surface area contributed by atoms with E-state index in [1.165, 1.54) is 24.3 Å². The summed E-state index contributed by atoms with van der Waals surface area (Å²) in [4.78, 5) is 34.5. The molecule has 3 fully saturated rings. The molecule has 7 nitrogen and oxygen atoms in total. The Morgan fingerprint density at radius 1 is 1.16 bits per heavy atom. The fraction of sp³-hybridized carbons (Fsp3) is 0.792. The summed E-state index contributed by atoms with van der Waals surface area (Å²) in [6, 6.07) is 0.529. The number of guanidine groups is 1. The Morgan fingerprint density at radius 2 is 1.87 bits per heavy atom. The van der Waals surface area contributed by atoms with Gasteiger partial charge in [0, 0.05) is 32.2 Å². The van der Waals surface area contributed by atoms with Crippen molar-refractivity contribution in [3.05, 3.63) is 12.2 Å². The van der Waals surface area contributed by atoms with Gasteiger partial charge in [-0.15, -0.1) is 0 Å². The van der Waals surface area contributed by atoms with Crippen LogP contribution < -0.4 is 10.6 Å². The molecule has 2 aliphatic heterocycles. The molecule has 7 heteroatoms. The quantitative estimate of drug-likeness (QED) is 0.192. The topological polar surface area (TPSA) is 77.0 Å². The van der Waals surface area contributed by atoms with Crippen LogP contribution in [-0.2, 0) is 9.59 Å². The number of allylic oxidation sites excluding steroid dienone is 2. The smallest absolute Gasteiger partial charge is 0.233 e. The Labute approximate surface area is 186 Å². The summed E-state index contributed by atoms with van der Waals surface area (Å²) in [6.45, 7) is 11.8. The van der Waals surface area contributed by atoms with Gasteiger partial charge in [-0.3, -0.25) is 24.4 Å². The number of nitrogens with one attached hydrogen (secondary N) is 2. The monoisotopic (exact) mass is 429 g/mol. The van der Waals surface area contributed by atoms with Crippen LogP contribution in [0.15, 0.2) is 17.1 Å². The molecule has 31 heavy (non-hydrogen) atoms. The molecule has 2 saturated heterocycles. The first kappa shape index (κ1) is 22.3. The molecule has 2 amide bonds. The number of nitrogens with zero attached hydrogens (tertiary/aromatic N) is 3. The average molecular weight is 430 g/mol. The van der Waals surface area contributed by atoms with Crippen LogP contribution in [0, 0.1) is 29.6 Å². The van der Waals surface area contributed by atoms with Crippen LogP contribution in [0.1, 0.15) is 46.5 Å². The van der Waals surface area contributed by atoms with Crippen molar-refractivity contribution < 1.29 is 9.59 Å². The number of likely N-dealkylation sites (tertiary alicyclic amines) is 2. The normalized spacial score (nSPS) is 32.6. The van der Waals surface area contributed by atoms with Gasteiger partial charge in [-0.25, -0.2) is 0 Å². The first-order valence-electron chi connectivity index (χ1n) is 12.3. The molecule has 0 aromatic carbocycles. The number of amides is 2. The van der Waals surface area contributed by atoms with Crippen LogP contribution in [0.25, 0.3) is 0 Å². The van der Waals surface area contributed by atoms with E-state index in [1.54, 1.807) is 0 Å². The third-order valence-electron chi connectivity index (χ3n) is 7.32. The van der Waals surface area contributed by atoms with Crippen molar-refractivity contribution in [2.45, 2.75) is 52.5 Å². The first-order valence-corrected chi connectivity index (χ1v) is 12.3. The summed E-state index contributed by atoms with van der Waals surface area (Å²) in [5, 5.41) is 6.72. The highest BCUT2D eigenvalue weighted by molar-refractivity contribution is 6.06. The summed E-state index contributed by atoms with van der Waals surface area (Å²) >= 11 is 0. The molecule has 4 unspecified atom stereocenters. The lowest BCUT2D eigenvalue weighted by molar-refractivity contribution is -0.140. The number of fused-ring (bicyclic) bond motifs is 5. The van der Waals surface area contributed by atoms with Gasteiger partial charge in [-0.1, -0.05) is 26.0 Å². The summed E-state index contributed by atoms with van der Waals surface area (Å²) in [6.07, 6.45) is 8.50. The van der Waals surface area contributed by atoms with Gasteiger partial charge in [-0.2, -0.15) is 0 Å². The van der Waals surface area contributed by atoms with Crippen molar-refractivity contribution in [2.24, 2.45) is 34.6 Å². The molecule has 1 saturated carbocycles. The summed E-state index contributed by atoms with van der Waals surface area (Å²) in [5.41, 5.74) is 0. The van der Waals surface area contributed by atoms with Crippen LogP contribution in [0.2, 0.25) is 0 Å². The fourth-order valence-corrected chi connectivity index (χ4v) is 5.98. The molecule has 0 aromatic heterocycles. The second kappa shape index (κ2) is 9.72. The average Bonchev–Trinajstić information content (AvgIpc) is 3.50. The van der Waals surface area contributed by atoms with E-state index >= 15 is 0 Å². The molecule has 5 atom stereocenters. The molecule has 4 rings (SSSR count). The van der Waals surface area contributed by atoms with Crippen LogP contribution in [0.3, 0.4) is 0 Å². The zero-order chi connectivity index (χ0) is 22.0. The minimum atomic E-state index is -0.0884. The lowest BCUT2D eigenvalue weighted by Gasteiger charge is -2.25. The number of rotatable bonds is 9. The van der Waals surface area contributed by atoms with Crippen molar-refractivity contribution in [3.8, 4) is 0 Å². The van der Waals surface area contributed by atoms with Gasteiger partial charge >= 0.3 is 0 Å². The highest BCUT2D eigenvalue weighted by atomic mass is 16.2. The summed E-state index contributed by atoms with van der Waals surface area (Å²) in [5.74, 6) is 2.01. The number of hydrogen-bond acceptors (Lipinski definition) is 4. The van der Waals surface area contributed by atoms with E-state index in [-0.39, 0.29) is 35.5 Å². The third-order valence-corrected chi connectivity index (χ3v) is 7.32. The number of aliphatic imine (C=N–C) groups is 1. The molecule has 4 aliphatic rings. The Hall–Kier alpha value is -1.89. The fourth-order valence-electron chi connectivity index (χ4n) is 5.98. The van der Waals surface area contributed by atoms with E-state index in [0.717, 1.165) is 38.4 Å². The van der Waals surface area contributed by atoms with Gasteiger partial charge in [0.05, 0.1) is 18.4 Å². The van der Waals surface area contributed by atoms with Crippen molar-refractivity contribution in [2.75, 3.05) is 39.3 Å². The van der Waals surface area contributed by atoms with Crippen molar-refractivity contribution >= 4 is 17.8 Å². The Morgan fingerprint density at radius 3 is 2.52 bits per heavy atom. The van der Waals surface area contributed by atoms with Crippen LogP contribution in [-0.4, -0.2) is 72.9 Å². The Balaban J connectivity index is 1.23. The number of hydrogen-bond donors (Lipinski definition) is 2. The van der Waals surface area contributed by atoms with Crippen LogP contribution in [0.5, 0.6) is 0 Å².